The van der Waals surface area contributed by atoms with Crippen LogP contribution >= 0.6 is 0 Å². The number of hydrogen-bond acceptors (Lipinski definition) is 3. The smallest absolute Gasteiger partial charge is 0.224 e. The van der Waals surface area contributed by atoms with E-state index in [0.717, 1.165) is 31.9 Å². The Morgan fingerprint density at radius 2 is 1.73 bits per heavy atom. The summed E-state index contributed by atoms with van der Waals surface area (Å²) in [4.78, 5) is 18.6. The van der Waals surface area contributed by atoms with E-state index >= 15 is 0 Å². The normalized spacial score (nSPS) is 22.8. The summed E-state index contributed by atoms with van der Waals surface area (Å²) >= 11 is 0. The van der Waals surface area contributed by atoms with Crippen LogP contribution in [0.2, 0.25) is 0 Å². The maximum absolute atomic E-state index is 12.3. The van der Waals surface area contributed by atoms with Crippen molar-refractivity contribution in [3.8, 4) is 0 Å². The predicted molar refractivity (Wildman–Crippen MR) is 106 cm³/mol. The van der Waals surface area contributed by atoms with Crippen molar-refractivity contribution in [2.75, 3.05) is 33.3 Å². The van der Waals surface area contributed by atoms with E-state index < -0.39 is 0 Å². The number of hydrogen-bond donors (Lipinski definition) is 2. The summed E-state index contributed by atoms with van der Waals surface area (Å²) < 4.78 is 5.99. The van der Waals surface area contributed by atoms with Gasteiger partial charge in [-0.2, -0.15) is 0 Å². The molecular formula is C20H38N4O2. The largest absolute Gasteiger partial charge is 0.376 e. The molecular weight excluding hydrogens is 328 g/mol. The maximum atomic E-state index is 12.3. The summed E-state index contributed by atoms with van der Waals surface area (Å²) in [7, 11) is 1.76. The molecule has 2 aliphatic rings. The lowest BCUT2D eigenvalue weighted by atomic mass is 10.0. The predicted octanol–water partition coefficient (Wildman–Crippen LogP) is 2.68. The van der Waals surface area contributed by atoms with E-state index in [2.05, 4.69) is 22.5 Å². The van der Waals surface area contributed by atoms with Crippen LogP contribution in [0, 0.1) is 0 Å². The van der Waals surface area contributed by atoms with Crippen molar-refractivity contribution >= 4 is 11.9 Å². The van der Waals surface area contributed by atoms with Crippen molar-refractivity contribution in [2.45, 2.75) is 83.3 Å². The van der Waals surface area contributed by atoms with Gasteiger partial charge in [-0.15, -0.1) is 0 Å². The van der Waals surface area contributed by atoms with Crippen LogP contribution in [0.4, 0.5) is 0 Å². The third kappa shape index (κ3) is 7.52. The van der Waals surface area contributed by atoms with E-state index in [9.17, 15) is 4.79 Å². The molecule has 0 aromatic heterocycles. The fraction of sp³-hybridized carbons (Fsp3) is 0.900. The summed E-state index contributed by atoms with van der Waals surface area (Å²) in [5.74, 6) is 0.991. The van der Waals surface area contributed by atoms with Gasteiger partial charge in [0.1, 0.15) is 0 Å². The first-order chi connectivity index (χ1) is 12.7. The average molecular weight is 367 g/mol. The van der Waals surface area contributed by atoms with Crippen LogP contribution in [0.3, 0.4) is 0 Å². The Kier molecular flexibility index (Phi) is 9.82. The molecule has 1 unspecified atom stereocenters. The van der Waals surface area contributed by atoms with Gasteiger partial charge >= 0.3 is 0 Å². The van der Waals surface area contributed by atoms with Gasteiger partial charge in [0, 0.05) is 39.1 Å². The summed E-state index contributed by atoms with van der Waals surface area (Å²) in [6, 6.07) is 0.384. The monoisotopic (exact) mass is 366 g/mol. The van der Waals surface area contributed by atoms with Crippen molar-refractivity contribution in [1.29, 1.82) is 0 Å². The molecule has 2 N–H and O–H groups in total. The number of rotatable bonds is 7. The molecule has 0 aromatic rings. The molecule has 6 nitrogen and oxygen atoms in total. The molecule has 6 heteroatoms. The molecule has 1 aliphatic heterocycles. The summed E-state index contributed by atoms with van der Waals surface area (Å²) in [6.07, 6.45) is 12.1. The number of guanidine groups is 1. The molecule has 0 radical (unpaired) electrons. The van der Waals surface area contributed by atoms with Crippen LogP contribution < -0.4 is 10.6 Å². The van der Waals surface area contributed by atoms with Crippen LogP contribution in [0.25, 0.3) is 0 Å². The highest BCUT2D eigenvalue weighted by molar-refractivity contribution is 5.81. The molecule has 1 heterocycles. The Morgan fingerprint density at radius 3 is 2.42 bits per heavy atom. The van der Waals surface area contributed by atoms with Gasteiger partial charge in [0.15, 0.2) is 5.96 Å². The van der Waals surface area contributed by atoms with Crippen LogP contribution in [0.15, 0.2) is 4.99 Å². The Hall–Kier alpha value is -1.30. The number of piperidine rings is 1. The summed E-state index contributed by atoms with van der Waals surface area (Å²) in [5.41, 5.74) is 0. The van der Waals surface area contributed by atoms with Crippen LogP contribution in [-0.4, -0.2) is 62.2 Å². The number of carbonyl (C=O) groups excluding carboxylic acids is 1. The number of aliphatic imine (C=N–C) groups is 1. The van der Waals surface area contributed by atoms with Crippen molar-refractivity contribution in [1.82, 2.24) is 15.5 Å². The van der Waals surface area contributed by atoms with Crippen molar-refractivity contribution in [3.05, 3.63) is 0 Å². The molecule has 1 aliphatic carbocycles. The molecule has 150 valence electrons. The van der Waals surface area contributed by atoms with Gasteiger partial charge < -0.3 is 20.3 Å². The number of nitrogens with one attached hydrogen (secondary N) is 2. The Labute approximate surface area is 159 Å². The highest BCUT2D eigenvalue weighted by Crippen LogP contribution is 2.19. The van der Waals surface area contributed by atoms with E-state index in [-0.39, 0.29) is 5.91 Å². The zero-order valence-electron chi connectivity index (χ0n) is 16.8. The summed E-state index contributed by atoms with van der Waals surface area (Å²) in [5, 5.41) is 6.51. The molecule has 1 saturated heterocycles. The number of likely N-dealkylation sites (tertiary alicyclic amines) is 1. The van der Waals surface area contributed by atoms with Gasteiger partial charge in [-0.25, -0.2) is 0 Å². The Balaban J connectivity index is 1.56. The van der Waals surface area contributed by atoms with E-state index in [1.807, 2.05) is 4.90 Å². The molecule has 2 fully saturated rings. The first-order valence-electron chi connectivity index (χ1n) is 10.6. The highest BCUT2D eigenvalue weighted by Gasteiger charge is 2.22. The van der Waals surface area contributed by atoms with Crippen LogP contribution in [0.1, 0.15) is 71.1 Å². The third-order valence-corrected chi connectivity index (χ3v) is 5.53. The first kappa shape index (κ1) is 21.0. The van der Waals surface area contributed by atoms with Crippen molar-refractivity contribution < 1.29 is 9.53 Å². The van der Waals surface area contributed by atoms with Gasteiger partial charge in [0.05, 0.1) is 12.7 Å². The zero-order chi connectivity index (χ0) is 18.6. The quantitative estimate of drug-likeness (QED) is 0.315. The minimum Gasteiger partial charge on any atom is -0.376 e. The molecule has 1 amide bonds. The maximum Gasteiger partial charge on any atom is 0.224 e. The van der Waals surface area contributed by atoms with Gasteiger partial charge in [-0.05, 0) is 39.0 Å². The standard InChI is InChI=1S/C20H38N4O2/c1-17-9-7-8-15-24(17)19(25)12-13-22-20(21-2)23-14-16-26-18-10-5-3-4-6-11-18/h17-18H,3-16H2,1-2H3,(H2,21,22,23). The first-order valence-corrected chi connectivity index (χ1v) is 10.6. The second-order valence-corrected chi connectivity index (χ2v) is 7.59. The van der Waals surface area contributed by atoms with E-state index in [1.165, 1.54) is 44.9 Å². The van der Waals surface area contributed by atoms with Crippen LogP contribution in [0.5, 0.6) is 0 Å². The molecule has 1 saturated carbocycles. The van der Waals surface area contributed by atoms with E-state index in [0.29, 0.717) is 31.7 Å². The SMILES string of the molecule is CN=C(NCCOC1CCCCCC1)NCCC(=O)N1CCCCC1C. The highest BCUT2D eigenvalue weighted by atomic mass is 16.5. The number of nitrogens with zero attached hydrogens (tertiary/aromatic N) is 2. The van der Waals surface area contributed by atoms with Gasteiger partial charge in [-0.3, -0.25) is 9.79 Å². The second-order valence-electron chi connectivity index (χ2n) is 7.59. The topological polar surface area (TPSA) is 66.0 Å². The van der Waals surface area contributed by atoms with Crippen LogP contribution in [-0.2, 0) is 9.53 Å². The van der Waals surface area contributed by atoms with E-state index in [4.69, 9.17) is 4.74 Å². The third-order valence-electron chi connectivity index (χ3n) is 5.53. The average Bonchev–Trinajstić information content (AvgIpc) is 2.92. The summed E-state index contributed by atoms with van der Waals surface area (Å²) in [6.45, 7) is 5.12. The number of carbonyl (C=O) groups is 1. The van der Waals surface area contributed by atoms with Gasteiger partial charge in [0.25, 0.3) is 0 Å². The lowest BCUT2D eigenvalue weighted by Gasteiger charge is -2.33. The molecule has 0 aromatic carbocycles. The second kappa shape index (κ2) is 12.2. The van der Waals surface area contributed by atoms with Crippen molar-refractivity contribution in [3.63, 3.8) is 0 Å². The molecule has 0 spiro atoms. The van der Waals surface area contributed by atoms with Gasteiger partial charge in [0.2, 0.25) is 5.91 Å². The van der Waals surface area contributed by atoms with Gasteiger partial charge in [-0.1, -0.05) is 25.7 Å². The van der Waals surface area contributed by atoms with Crippen molar-refractivity contribution in [2.24, 2.45) is 4.99 Å². The minimum absolute atomic E-state index is 0.247. The Morgan fingerprint density at radius 1 is 1.04 bits per heavy atom. The fourth-order valence-electron chi connectivity index (χ4n) is 3.92. The lowest BCUT2D eigenvalue weighted by Crippen LogP contribution is -2.44. The molecule has 1 atom stereocenters. The molecule has 2 rings (SSSR count). The lowest BCUT2D eigenvalue weighted by molar-refractivity contribution is -0.134. The molecule has 26 heavy (non-hydrogen) atoms. The molecule has 0 bridgehead atoms. The zero-order valence-corrected chi connectivity index (χ0v) is 16.8. The van der Waals surface area contributed by atoms with E-state index in [1.54, 1.807) is 7.05 Å². The number of amides is 1. The Bertz CT molecular complexity index is 434. The minimum atomic E-state index is 0.247. The fourth-order valence-corrected chi connectivity index (χ4v) is 3.92. The number of ether oxygens (including phenoxy) is 1.